The zero-order chi connectivity index (χ0) is 37.6. The molecule has 276 valence electrons. The number of hydrogen-bond acceptors (Lipinski definition) is 7. The zero-order valence-corrected chi connectivity index (χ0v) is 32.7. The van der Waals surface area contributed by atoms with E-state index < -0.39 is 7.92 Å². The highest BCUT2D eigenvalue weighted by molar-refractivity contribution is 7.67. The number of para-hydroxylation sites is 2. The summed E-state index contributed by atoms with van der Waals surface area (Å²) in [6.45, 7) is 8.12. The van der Waals surface area contributed by atoms with E-state index in [2.05, 4.69) is 30.3 Å². The summed E-state index contributed by atoms with van der Waals surface area (Å²) < 4.78 is 37.3. The van der Waals surface area contributed by atoms with Gasteiger partial charge in [0.2, 0.25) is 0 Å². The molecule has 0 aromatic heterocycles. The van der Waals surface area contributed by atoms with E-state index in [1.165, 1.54) is 0 Å². The number of benzene rings is 5. The van der Waals surface area contributed by atoms with Gasteiger partial charge in [-0.1, -0.05) is 74.7 Å². The van der Waals surface area contributed by atoms with Crippen molar-refractivity contribution in [1.82, 2.24) is 0 Å². The maximum absolute atomic E-state index is 14.2. The van der Waals surface area contributed by atoms with E-state index in [4.69, 9.17) is 28.4 Å². The lowest BCUT2D eigenvalue weighted by atomic mass is 9.96. The number of Topliss-reactive ketones (excluding diaryl/α,β-unsaturated/α-hetero) is 1. The Morgan fingerprint density at radius 3 is 1.19 bits per heavy atom. The molecule has 1 fully saturated rings. The Hall–Kier alpha value is -5.00. The smallest absolute Gasteiger partial charge is 0.134 e. The minimum atomic E-state index is -1.32. The molecule has 0 saturated carbocycles. The van der Waals surface area contributed by atoms with Crippen molar-refractivity contribution in [2.24, 2.45) is 0 Å². The molecule has 7 nitrogen and oxygen atoms in total. The third kappa shape index (κ3) is 7.72. The van der Waals surface area contributed by atoms with Gasteiger partial charge >= 0.3 is 0 Å². The summed E-state index contributed by atoms with van der Waals surface area (Å²) in [5.41, 5.74) is 5.13. The SMILES string of the molecule is COc1cccc(OC)c1-c1cccc(-c2c(OC)cccc2OC)c1P1C(c2ccccc2OC(C)C)CC(=O)CC1c1ccccc1OC(C)C. The van der Waals surface area contributed by atoms with Crippen molar-refractivity contribution in [3.8, 4) is 56.8 Å². The molecule has 6 rings (SSSR count). The van der Waals surface area contributed by atoms with Crippen LogP contribution in [0.2, 0.25) is 0 Å². The van der Waals surface area contributed by atoms with Crippen molar-refractivity contribution in [3.63, 3.8) is 0 Å². The van der Waals surface area contributed by atoms with Gasteiger partial charge in [0.1, 0.15) is 40.3 Å². The number of methoxy groups -OCH3 is 4. The van der Waals surface area contributed by atoms with Gasteiger partial charge < -0.3 is 28.4 Å². The van der Waals surface area contributed by atoms with E-state index in [-0.39, 0.29) is 29.3 Å². The highest BCUT2D eigenvalue weighted by atomic mass is 31.1. The first-order chi connectivity index (χ1) is 25.7. The maximum Gasteiger partial charge on any atom is 0.134 e. The van der Waals surface area contributed by atoms with E-state index in [9.17, 15) is 4.79 Å². The summed E-state index contributed by atoms with van der Waals surface area (Å²) in [5.74, 6) is 4.47. The van der Waals surface area contributed by atoms with Gasteiger partial charge in [0.15, 0.2) is 0 Å². The van der Waals surface area contributed by atoms with Crippen LogP contribution in [0.1, 0.15) is 63.0 Å². The number of rotatable bonds is 13. The lowest BCUT2D eigenvalue weighted by Gasteiger charge is -2.42. The molecule has 8 heteroatoms. The van der Waals surface area contributed by atoms with E-state index in [1.54, 1.807) is 28.4 Å². The molecule has 1 saturated heterocycles. The fourth-order valence-electron chi connectivity index (χ4n) is 7.45. The van der Waals surface area contributed by atoms with Crippen LogP contribution in [0, 0.1) is 0 Å². The van der Waals surface area contributed by atoms with E-state index in [1.807, 2.05) is 100 Å². The summed E-state index contributed by atoms with van der Waals surface area (Å²) in [7, 11) is 5.41. The Bertz CT molecular complexity index is 1870. The van der Waals surface area contributed by atoms with E-state index in [0.717, 1.165) is 50.2 Å². The molecule has 0 aliphatic carbocycles. The largest absolute Gasteiger partial charge is 0.496 e. The highest BCUT2D eigenvalue weighted by Crippen LogP contribution is 2.70. The Kier molecular flexibility index (Phi) is 11.9. The first-order valence-electron chi connectivity index (χ1n) is 18.1. The third-order valence-corrected chi connectivity index (χ3v) is 12.7. The quantitative estimate of drug-likeness (QED) is 0.112. The van der Waals surface area contributed by atoms with Crippen LogP contribution < -0.4 is 33.7 Å². The molecular formula is C45H49O7P. The standard InChI is InChI=1S/C45H49O7P/c1-28(2)51-35-20-11-9-16-31(35)41-26-30(46)27-42(32-17-10-12-21-36(32)52-29(3)4)53(41)45-33(43-37(47-5)22-14-23-38(43)48-6)18-13-19-34(45)44-39(49-7)24-15-25-40(44)50-8/h9-25,28-29,41-42H,26-27H2,1-8H3. The Morgan fingerprint density at radius 1 is 0.491 bits per heavy atom. The van der Waals surface area contributed by atoms with Gasteiger partial charge in [-0.05, 0) is 80.5 Å². The molecule has 0 bridgehead atoms. The van der Waals surface area contributed by atoms with Crippen LogP contribution >= 0.6 is 7.92 Å². The van der Waals surface area contributed by atoms with Crippen LogP contribution in [0.3, 0.4) is 0 Å². The molecule has 0 radical (unpaired) electrons. The molecule has 2 atom stereocenters. The summed E-state index contributed by atoms with van der Waals surface area (Å²) in [6, 6.07) is 34.4. The monoisotopic (exact) mass is 732 g/mol. The third-order valence-electron chi connectivity index (χ3n) is 9.48. The van der Waals surface area contributed by atoms with Crippen molar-refractivity contribution in [3.05, 3.63) is 114 Å². The lowest BCUT2D eigenvalue weighted by molar-refractivity contribution is -0.119. The van der Waals surface area contributed by atoms with Crippen molar-refractivity contribution in [1.29, 1.82) is 0 Å². The van der Waals surface area contributed by atoms with Crippen molar-refractivity contribution in [2.75, 3.05) is 28.4 Å². The van der Waals surface area contributed by atoms with Crippen LogP contribution in [0.15, 0.2) is 103 Å². The number of ether oxygens (including phenoxy) is 6. The first-order valence-corrected chi connectivity index (χ1v) is 19.6. The summed E-state index contributed by atoms with van der Waals surface area (Å²) in [4.78, 5) is 14.2. The van der Waals surface area contributed by atoms with Crippen molar-refractivity contribution < 1.29 is 33.2 Å². The summed E-state index contributed by atoms with van der Waals surface area (Å²) >= 11 is 0. The Balaban J connectivity index is 1.80. The number of hydrogen-bond donors (Lipinski definition) is 0. The minimum Gasteiger partial charge on any atom is -0.496 e. The van der Waals surface area contributed by atoms with Crippen LogP contribution in [0.25, 0.3) is 22.3 Å². The topological polar surface area (TPSA) is 72.5 Å². The predicted molar refractivity (Wildman–Crippen MR) is 214 cm³/mol. The molecule has 1 heterocycles. The van der Waals surface area contributed by atoms with Crippen LogP contribution in [0.4, 0.5) is 0 Å². The second kappa shape index (κ2) is 16.8. The van der Waals surface area contributed by atoms with Gasteiger partial charge in [0.25, 0.3) is 0 Å². The Morgan fingerprint density at radius 2 is 0.830 bits per heavy atom. The highest BCUT2D eigenvalue weighted by Gasteiger charge is 2.44. The molecule has 0 amide bonds. The van der Waals surface area contributed by atoms with Gasteiger partial charge in [-0.15, -0.1) is 0 Å². The average molecular weight is 733 g/mol. The number of carbonyl (C=O) groups is 1. The zero-order valence-electron chi connectivity index (χ0n) is 31.8. The molecular weight excluding hydrogens is 683 g/mol. The fraction of sp³-hybridized carbons (Fsp3) is 0.311. The second-order valence-electron chi connectivity index (χ2n) is 13.6. The van der Waals surface area contributed by atoms with Crippen LogP contribution in [0.5, 0.6) is 34.5 Å². The first kappa shape index (κ1) is 37.7. The van der Waals surface area contributed by atoms with Gasteiger partial charge in [-0.3, -0.25) is 4.79 Å². The second-order valence-corrected chi connectivity index (χ2v) is 16.1. The van der Waals surface area contributed by atoms with Crippen LogP contribution in [-0.2, 0) is 4.79 Å². The van der Waals surface area contributed by atoms with E-state index in [0.29, 0.717) is 35.8 Å². The van der Waals surface area contributed by atoms with Crippen molar-refractivity contribution >= 4 is 19.0 Å². The van der Waals surface area contributed by atoms with E-state index >= 15 is 0 Å². The molecule has 0 spiro atoms. The normalized spacial score (nSPS) is 17.1. The minimum absolute atomic E-state index is 0.0591. The number of ketones is 1. The van der Waals surface area contributed by atoms with Gasteiger partial charge in [-0.25, -0.2) is 0 Å². The van der Waals surface area contributed by atoms with Gasteiger partial charge in [-0.2, -0.15) is 0 Å². The average Bonchev–Trinajstić information content (AvgIpc) is 3.16. The summed E-state index contributed by atoms with van der Waals surface area (Å²) in [6.07, 6.45) is 0.592. The predicted octanol–water partition coefficient (Wildman–Crippen LogP) is 10.6. The summed E-state index contributed by atoms with van der Waals surface area (Å²) in [5, 5.41) is 1.08. The lowest BCUT2D eigenvalue weighted by Crippen LogP contribution is -2.27. The molecule has 0 N–H and O–H groups in total. The van der Waals surface area contributed by atoms with Gasteiger partial charge in [0, 0.05) is 35.3 Å². The van der Waals surface area contributed by atoms with Crippen molar-refractivity contribution in [2.45, 2.75) is 64.1 Å². The Labute approximate surface area is 314 Å². The molecule has 2 unspecified atom stereocenters. The molecule has 1 aliphatic heterocycles. The molecule has 5 aromatic carbocycles. The van der Waals surface area contributed by atoms with Crippen LogP contribution in [-0.4, -0.2) is 46.4 Å². The van der Waals surface area contributed by atoms with Gasteiger partial charge in [0.05, 0.1) is 51.8 Å². The fourth-order valence-corrected chi connectivity index (χ4v) is 11.3. The maximum atomic E-state index is 14.2. The molecule has 5 aromatic rings. The molecule has 53 heavy (non-hydrogen) atoms. The number of carbonyl (C=O) groups excluding carboxylic acids is 1. The molecule has 1 aliphatic rings.